The molecule has 3 rings (SSSR count). The maximum atomic E-state index is 11.7. The molecule has 0 unspecified atom stereocenters. The number of nitrogens with zero attached hydrogens (tertiary/aromatic N) is 1. The first-order valence-electron chi connectivity index (χ1n) is 5.53. The molecule has 0 amide bonds. The number of hydrogen-bond donors (Lipinski definition) is 1. The zero-order chi connectivity index (χ0) is 12.7. The molecule has 88 valence electrons. The van der Waals surface area contributed by atoms with Crippen molar-refractivity contribution in [3.8, 4) is 0 Å². The molecule has 1 aliphatic rings. The summed E-state index contributed by atoms with van der Waals surface area (Å²) in [5, 5.41) is 9.79. The Balaban J connectivity index is 2.38. The van der Waals surface area contributed by atoms with Crippen molar-refractivity contribution in [2.24, 2.45) is 0 Å². The van der Waals surface area contributed by atoms with E-state index in [-0.39, 0.29) is 11.3 Å². The number of carboxylic acids is 1. The minimum absolute atomic E-state index is 0.0163. The topological polar surface area (TPSA) is 67.3 Å². The maximum Gasteiger partial charge on any atom is 0.337 e. The van der Waals surface area contributed by atoms with Gasteiger partial charge >= 0.3 is 5.97 Å². The summed E-state index contributed by atoms with van der Waals surface area (Å²) in [5.41, 5.74) is 1.69. The van der Waals surface area contributed by atoms with Gasteiger partial charge in [0.2, 0.25) is 0 Å². The number of aromatic carboxylic acids is 1. The summed E-state index contributed by atoms with van der Waals surface area (Å²) in [7, 11) is 0. The second kappa shape index (κ2) is 3.77. The highest BCUT2D eigenvalue weighted by atomic mass is 16.4. The van der Waals surface area contributed by atoms with Gasteiger partial charge in [-0.1, -0.05) is 18.2 Å². The van der Waals surface area contributed by atoms with E-state index in [0.29, 0.717) is 28.6 Å². The third kappa shape index (κ3) is 1.50. The average Bonchev–Trinajstić information content (AvgIpc) is 2.36. The molecule has 1 aromatic heterocycles. The maximum absolute atomic E-state index is 11.7. The number of carbonyl (C=O) groups is 2. The molecule has 2 aromatic rings. The normalized spacial score (nSPS) is 13.7. The van der Waals surface area contributed by atoms with Crippen LogP contribution in [0.1, 0.15) is 32.8 Å². The molecule has 0 radical (unpaired) electrons. The summed E-state index contributed by atoms with van der Waals surface area (Å²) in [4.78, 5) is 27.2. The van der Waals surface area contributed by atoms with Crippen molar-refractivity contribution in [3.63, 3.8) is 0 Å². The summed E-state index contributed by atoms with van der Waals surface area (Å²) < 4.78 is 0. The number of carbonyl (C=O) groups excluding carboxylic acids is 1. The van der Waals surface area contributed by atoms with Crippen molar-refractivity contribution < 1.29 is 14.7 Å². The Morgan fingerprint density at radius 2 is 2.17 bits per heavy atom. The number of para-hydroxylation sites is 1. The molecule has 0 fully saturated rings. The van der Waals surface area contributed by atoms with E-state index in [2.05, 4.69) is 4.98 Å². The first-order chi connectivity index (χ1) is 8.66. The fraction of sp³-hybridized carbons (Fsp3) is 0.0714. The smallest absolute Gasteiger partial charge is 0.337 e. The minimum atomic E-state index is -1.01. The first kappa shape index (κ1) is 10.7. The van der Waals surface area contributed by atoms with Crippen molar-refractivity contribution in [1.82, 2.24) is 4.98 Å². The van der Waals surface area contributed by atoms with Gasteiger partial charge in [-0.15, -0.1) is 0 Å². The summed E-state index contributed by atoms with van der Waals surface area (Å²) in [6, 6.07) is 6.65. The Hall–Kier alpha value is -2.49. The summed E-state index contributed by atoms with van der Waals surface area (Å²) >= 11 is 0. The van der Waals surface area contributed by atoms with Crippen LogP contribution in [0.2, 0.25) is 0 Å². The van der Waals surface area contributed by atoms with E-state index in [1.807, 2.05) is 0 Å². The van der Waals surface area contributed by atoms with Gasteiger partial charge in [0, 0.05) is 17.4 Å². The van der Waals surface area contributed by atoms with Crippen LogP contribution in [0.5, 0.6) is 0 Å². The zero-order valence-electron chi connectivity index (χ0n) is 9.38. The van der Waals surface area contributed by atoms with Crippen molar-refractivity contribution in [1.29, 1.82) is 0 Å². The third-order valence-corrected chi connectivity index (χ3v) is 2.99. The number of rotatable bonds is 1. The predicted molar refractivity (Wildman–Crippen MR) is 66.7 cm³/mol. The molecular weight excluding hydrogens is 230 g/mol. The van der Waals surface area contributed by atoms with Gasteiger partial charge in [-0.25, -0.2) is 9.78 Å². The SMILES string of the molecule is O=C1CC=Cc2nc3c(C(=O)O)cccc3cc21. The first-order valence-corrected chi connectivity index (χ1v) is 5.53. The number of Topliss-reactive ketones (excluding diaryl/α,β-unsaturated/α-hetero) is 1. The minimum Gasteiger partial charge on any atom is -0.478 e. The van der Waals surface area contributed by atoms with Crippen LogP contribution in [-0.4, -0.2) is 21.8 Å². The summed E-state index contributed by atoms with van der Waals surface area (Å²) in [5.74, 6) is -0.998. The molecular formula is C14H9NO3. The van der Waals surface area contributed by atoms with Crippen molar-refractivity contribution in [3.05, 3.63) is 47.2 Å². The second-order valence-corrected chi connectivity index (χ2v) is 4.13. The van der Waals surface area contributed by atoms with Crippen molar-refractivity contribution in [2.75, 3.05) is 0 Å². The molecule has 4 nitrogen and oxygen atoms in total. The number of allylic oxidation sites excluding steroid dienone is 1. The molecule has 0 bridgehead atoms. The Kier molecular flexibility index (Phi) is 2.23. The highest BCUT2D eigenvalue weighted by molar-refractivity contribution is 6.07. The Morgan fingerprint density at radius 1 is 1.33 bits per heavy atom. The molecule has 18 heavy (non-hydrogen) atoms. The summed E-state index contributed by atoms with van der Waals surface area (Å²) in [6.07, 6.45) is 3.88. The van der Waals surface area contributed by atoms with E-state index in [4.69, 9.17) is 5.11 Å². The lowest BCUT2D eigenvalue weighted by Crippen LogP contribution is -2.08. The van der Waals surface area contributed by atoms with E-state index in [1.54, 1.807) is 30.4 Å². The van der Waals surface area contributed by atoms with Crippen LogP contribution in [0, 0.1) is 0 Å². The van der Waals surface area contributed by atoms with Gasteiger partial charge < -0.3 is 5.11 Å². The van der Waals surface area contributed by atoms with Crippen LogP contribution in [0.4, 0.5) is 0 Å². The van der Waals surface area contributed by atoms with E-state index in [0.717, 1.165) is 0 Å². The molecule has 0 atom stereocenters. The zero-order valence-corrected chi connectivity index (χ0v) is 9.38. The van der Waals surface area contributed by atoms with Crippen LogP contribution in [-0.2, 0) is 0 Å². The number of pyridine rings is 1. The third-order valence-electron chi connectivity index (χ3n) is 2.99. The molecule has 1 N–H and O–H groups in total. The van der Waals surface area contributed by atoms with Gasteiger partial charge in [0.25, 0.3) is 0 Å². The molecule has 0 saturated carbocycles. The Morgan fingerprint density at radius 3 is 2.94 bits per heavy atom. The van der Waals surface area contributed by atoms with Crippen molar-refractivity contribution in [2.45, 2.75) is 6.42 Å². The van der Waals surface area contributed by atoms with E-state index in [1.165, 1.54) is 6.07 Å². The number of benzene rings is 1. The van der Waals surface area contributed by atoms with Crippen molar-refractivity contribution >= 4 is 28.7 Å². The van der Waals surface area contributed by atoms with Gasteiger partial charge in [-0.05, 0) is 18.2 Å². The molecule has 1 aliphatic carbocycles. The molecule has 4 heteroatoms. The fourth-order valence-electron chi connectivity index (χ4n) is 2.12. The van der Waals surface area contributed by atoms with Gasteiger partial charge in [-0.2, -0.15) is 0 Å². The predicted octanol–water partition coefficient (Wildman–Crippen LogP) is 2.53. The van der Waals surface area contributed by atoms with Gasteiger partial charge in [0.1, 0.15) is 0 Å². The van der Waals surface area contributed by atoms with E-state index in [9.17, 15) is 9.59 Å². The Bertz CT molecular complexity index is 716. The number of fused-ring (bicyclic) bond motifs is 2. The lowest BCUT2D eigenvalue weighted by Gasteiger charge is -2.10. The molecule has 0 aliphatic heterocycles. The lowest BCUT2D eigenvalue weighted by molar-refractivity contribution is 0.0698. The highest BCUT2D eigenvalue weighted by Gasteiger charge is 2.17. The molecule has 0 saturated heterocycles. The largest absolute Gasteiger partial charge is 0.478 e. The summed E-state index contributed by atoms with van der Waals surface area (Å²) in [6.45, 7) is 0. The standard InChI is InChI=1S/C14H9NO3/c16-12-6-2-5-11-10(12)7-8-3-1-4-9(14(17)18)13(8)15-11/h1-5,7H,6H2,(H,17,18). The molecule has 1 aromatic carbocycles. The Labute approximate surface area is 103 Å². The molecule has 0 spiro atoms. The highest BCUT2D eigenvalue weighted by Crippen LogP contribution is 2.24. The second-order valence-electron chi connectivity index (χ2n) is 4.13. The van der Waals surface area contributed by atoms with Crippen LogP contribution in [0.3, 0.4) is 0 Å². The number of carboxylic acid groups (broad SMARTS) is 1. The van der Waals surface area contributed by atoms with Crippen LogP contribution < -0.4 is 0 Å². The number of ketones is 1. The quantitative estimate of drug-likeness (QED) is 0.830. The number of aromatic nitrogens is 1. The van der Waals surface area contributed by atoms with E-state index < -0.39 is 5.97 Å². The van der Waals surface area contributed by atoms with Gasteiger partial charge in [0.15, 0.2) is 5.78 Å². The van der Waals surface area contributed by atoms with Gasteiger partial charge in [0.05, 0.1) is 16.8 Å². The molecule has 1 heterocycles. The lowest BCUT2D eigenvalue weighted by atomic mass is 9.98. The van der Waals surface area contributed by atoms with Crippen LogP contribution in [0.25, 0.3) is 17.0 Å². The number of hydrogen-bond acceptors (Lipinski definition) is 3. The monoisotopic (exact) mass is 239 g/mol. The van der Waals surface area contributed by atoms with Crippen LogP contribution in [0.15, 0.2) is 30.3 Å². The fourth-order valence-corrected chi connectivity index (χ4v) is 2.12. The van der Waals surface area contributed by atoms with Crippen LogP contribution >= 0.6 is 0 Å². The average molecular weight is 239 g/mol. The van der Waals surface area contributed by atoms with Gasteiger partial charge in [-0.3, -0.25) is 4.79 Å². The van der Waals surface area contributed by atoms with E-state index >= 15 is 0 Å².